The van der Waals surface area contributed by atoms with Gasteiger partial charge in [-0.15, -0.1) is 0 Å². The molecule has 27 nitrogen and oxygen atoms in total. The lowest BCUT2D eigenvalue weighted by Gasteiger charge is -2.30. The summed E-state index contributed by atoms with van der Waals surface area (Å²) in [6.07, 6.45) is 7.48. The monoisotopic (exact) mass is 1260 g/mol. The molecule has 2 aromatic carbocycles. The standard InChI is InChI=1S/C63H102N16O11/c1-38(2)51(60(86)72-45(26-14-18-30-65)55(81)74-48(33-41-21-9-7-10-22-41)57(83)73-47(63(89)90)28-16-20-32-67)78-59(85)50(35-43-36-69-37-70-43)75-58(84)49(34-42-23-11-8-12-24-42)76-61(87)52(39(3)4)79-62(88)53(40(5)6)77-56(82)46(27-15-19-31-66)71-54(80)44(68)25-13-17-29-64/h7-12,21-24,36-40,44-53H,13-20,25-35,64-68H2,1-6H3,(H,69,70)(H,71,80)(H,72,86)(H,73,83)(H,74,81)(H,75,84)(H,76,87)(H,77,82)(H,78,85)(H,79,88)(H,89,90)/t44-,45-,46-,47-,48-,49-,50-,51-,52-,53-/m0/s1. The summed E-state index contributed by atoms with van der Waals surface area (Å²) in [7, 11) is 0. The molecule has 9 amide bonds. The molecule has 10 atom stereocenters. The number of H-pyrrole nitrogens is 1. The Kier molecular flexibility index (Phi) is 35.2. The lowest BCUT2D eigenvalue weighted by Crippen LogP contribution is -2.62. The van der Waals surface area contributed by atoms with Gasteiger partial charge in [0.05, 0.1) is 18.1 Å². The Balaban J connectivity index is 1.93. The van der Waals surface area contributed by atoms with Crippen LogP contribution in [0.5, 0.6) is 0 Å². The summed E-state index contributed by atoms with van der Waals surface area (Å²) in [5.41, 5.74) is 30.6. The molecule has 0 radical (unpaired) electrons. The Hall–Kier alpha value is -7.85. The molecule has 27 heteroatoms. The number of imidazole rings is 1. The molecule has 90 heavy (non-hydrogen) atoms. The van der Waals surface area contributed by atoms with Gasteiger partial charge in [-0.05, 0) is 126 Å². The van der Waals surface area contributed by atoms with Crippen LogP contribution in [0.4, 0.5) is 0 Å². The molecule has 0 aliphatic heterocycles. The van der Waals surface area contributed by atoms with E-state index in [9.17, 15) is 53.1 Å². The van der Waals surface area contributed by atoms with Crippen LogP contribution in [0.2, 0.25) is 0 Å². The minimum Gasteiger partial charge on any atom is -0.480 e. The topological polar surface area (TPSA) is 458 Å². The molecule has 1 heterocycles. The molecule has 1 aromatic heterocycles. The number of unbranched alkanes of at least 4 members (excludes halogenated alkanes) is 4. The lowest BCUT2D eigenvalue weighted by atomic mass is 9.98. The highest BCUT2D eigenvalue weighted by Gasteiger charge is 2.38. The molecule has 21 N–H and O–H groups in total. The Morgan fingerprint density at radius 1 is 0.400 bits per heavy atom. The van der Waals surface area contributed by atoms with E-state index < -0.39 is 137 Å². The summed E-state index contributed by atoms with van der Waals surface area (Å²) in [5.74, 6) is -9.52. The smallest absolute Gasteiger partial charge is 0.326 e. The van der Waals surface area contributed by atoms with E-state index in [1.807, 2.05) is 0 Å². The second kappa shape index (κ2) is 41.4. The van der Waals surface area contributed by atoms with Gasteiger partial charge < -0.3 is 86.6 Å². The summed E-state index contributed by atoms with van der Waals surface area (Å²) >= 11 is 0. The minimum atomic E-state index is -1.43. The Morgan fingerprint density at radius 3 is 1.10 bits per heavy atom. The number of hydrogen-bond donors (Lipinski definition) is 16. The number of aromatic amines is 1. The Bertz CT molecular complexity index is 2680. The average Bonchev–Trinajstić information content (AvgIpc) is 1.70. The number of carbonyl (C=O) groups is 10. The number of nitrogens with one attached hydrogen (secondary N) is 10. The molecular weight excluding hydrogens is 1160 g/mol. The fraction of sp³-hybridized carbons (Fsp3) is 0.603. The van der Waals surface area contributed by atoms with Crippen LogP contribution in [0.15, 0.2) is 73.2 Å². The number of aliphatic carboxylic acids is 1. The number of carboxylic acid groups (broad SMARTS) is 1. The van der Waals surface area contributed by atoms with Crippen LogP contribution in [0.25, 0.3) is 0 Å². The van der Waals surface area contributed by atoms with Gasteiger partial charge in [-0.1, -0.05) is 109 Å². The number of nitrogens with zero attached hydrogens (tertiary/aromatic N) is 1. The number of benzene rings is 2. The number of hydrogen-bond acceptors (Lipinski definition) is 16. The van der Waals surface area contributed by atoms with E-state index in [2.05, 4.69) is 57.8 Å². The molecule has 0 saturated carbocycles. The van der Waals surface area contributed by atoms with E-state index in [0.29, 0.717) is 94.2 Å². The first-order valence-corrected chi connectivity index (χ1v) is 31.5. The van der Waals surface area contributed by atoms with Crippen molar-refractivity contribution in [1.82, 2.24) is 57.8 Å². The van der Waals surface area contributed by atoms with Crippen molar-refractivity contribution in [2.45, 2.75) is 198 Å². The van der Waals surface area contributed by atoms with E-state index in [1.165, 1.54) is 12.5 Å². The normalized spacial score (nSPS) is 14.7. The predicted octanol–water partition coefficient (Wildman–Crippen LogP) is -0.303. The third-order valence-corrected chi connectivity index (χ3v) is 15.2. The molecule has 0 aliphatic rings. The highest BCUT2D eigenvalue weighted by Crippen LogP contribution is 2.15. The van der Waals surface area contributed by atoms with Gasteiger partial charge in [0, 0.05) is 25.5 Å². The van der Waals surface area contributed by atoms with Crippen molar-refractivity contribution in [1.29, 1.82) is 0 Å². The van der Waals surface area contributed by atoms with E-state index in [-0.39, 0.29) is 45.1 Å². The fourth-order valence-corrected chi connectivity index (χ4v) is 9.83. The number of aromatic nitrogens is 2. The Morgan fingerprint density at radius 2 is 0.711 bits per heavy atom. The number of carboxylic acids is 1. The first-order chi connectivity index (χ1) is 42.9. The number of amides is 9. The molecule has 0 spiro atoms. The largest absolute Gasteiger partial charge is 0.480 e. The summed E-state index contributed by atoms with van der Waals surface area (Å²) in [6, 6.07) is 5.20. The van der Waals surface area contributed by atoms with Crippen molar-refractivity contribution >= 4 is 59.1 Å². The molecule has 0 aliphatic carbocycles. The van der Waals surface area contributed by atoms with E-state index in [1.54, 1.807) is 102 Å². The van der Waals surface area contributed by atoms with Gasteiger partial charge in [-0.25, -0.2) is 9.78 Å². The molecule has 3 rings (SSSR count). The van der Waals surface area contributed by atoms with Gasteiger partial charge in [0.15, 0.2) is 0 Å². The van der Waals surface area contributed by atoms with Crippen LogP contribution < -0.4 is 76.5 Å². The minimum absolute atomic E-state index is 0.0236. The van der Waals surface area contributed by atoms with Crippen LogP contribution >= 0.6 is 0 Å². The maximum absolute atomic E-state index is 14.8. The predicted molar refractivity (Wildman–Crippen MR) is 342 cm³/mol. The van der Waals surface area contributed by atoms with Crippen molar-refractivity contribution in [2.24, 2.45) is 46.4 Å². The Labute approximate surface area is 529 Å². The highest BCUT2D eigenvalue weighted by atomic mass is 16.4. The molecule has 0 unspecified atom stereocenters. The maximum atomic E-state index is 14.8. The van der Waals surface area contributed by atoms with Crippen molar-refractivity contribution in [3.8, 4) is 0 Å². The van der Waals surface area contributed by atoms with Gasteiger partial charge in [0.25, 0.3) is 0 Å². The van der Waals surface area contributed by atoms with E-state index in [0.717, 1.165) is 0 Å². The second-order valence-electron chi connectivity index (χ2n) is 23.8. The SMILES string of the molecule is CC(C)[C@H](NC(=O)[C@H](Cc1c[nH]cn1)NC(=O)[C@H](Cc1ccccc1)NC(=O)[C@@H](NC(=O)[C@@H](NC(=O)[C@H](CCCCN)NC(=O)[C@@H](N)CCCCN)C(C)C)C(C)C)C(=O)N[C@@H](CCCCN)C(=O)N[C@@H](Cc1ccccc1)C(=O)N[C@@H](CCCCN)C(=O)O. The zero-order valence-electron chi connectivity index (χ0n) is 53.2. The van der Waals surface area contributed by atoms with Crippen molar-refractivity contribution in [3.63, 3.8) is 0 Å². The van der Waals surface area contributed by atoms with Crippen molar-refractivity contribution in [3.05, 3.63) is 90.0 Å². The second-order valence-corrected chi connectivity index (χ2v) is 23.8. The summed E-state index contributed by atoms with van der Waals surface area (Å²) in [6.45, 7) is 11.5. The molecule has 3 aromatic rings. The molecule has 500 valence electrons. The fourth-order valence-electron chi connectivity index (χ4n) is 9.83. The highest BCUT2D eigenvalue weighted by molar-refractivity contribution is 5.99. The van der Waals surface area contributed by atoms with Gasteiger partial charge >= 0.3 is 5.97 Å². The zero-order valence-corrected chi connectivity index (χ0v) is 53.2. The van der Waals surface area contributed by atoms with Crippen LogP contribution in [0.3, 0.4) is 0 Å². The van der Waals surface area contributed by atoms with Gasteiger partial charge in [-0.2, -0.15) is 0 Å². The summed E-state index contributed by atoms with van der Waals surface area (Å²) in [5, 5.41) is 34.7. The average molecular weight is 1260 g/mol. The lowest BCUT2D eigenvalue weighted by molar-refractivity contribution is -0.142. The number of carbonyl (C=O) groups excluding carboxylic acids is 9. The summed E-state index contributed by atoms with van der Waals surface area (Å²) in [4.78, 5) is 148. The molecule has 0 fully saturated rings. The van der Waals surface area contributed by atoms with Crippen LogP contribution in [0.1, 0.15) is 135 Å². The molecular formula is C63H102N16O11. The number of rotatable bonds is 44. The molecule has 0 saturated heterocycles. The van der Waals surface area contributed by atoms with Crippen LogP contribution in [-0.2, 0) is 67.2 Å². The van der Waals surface area contributed by atoms with Gasteiger partial charge in [0.2, 0.25) is 53.2 Å². The first-order valence-electron chi connectivity index (χ1n) is 31.5. The molecule has 0 bridgehead atoms. The van der Waals surface area contributed by atoms with E-state index in [4.69, 9.17) is 28.7 Å². The first kappa shape index (κ1) is 76.4. The summed E-state index contributed by atoms with van der Waals surface area (Å²) < 4.78 is 0. The third kappa shape index (κ3) is 27.5. The van der Waals surface area contributed by atoms with Crippen LogP contribution in [-0.4, -0.2) is 161 Å². The van der Waals surface area contributed by atoms with Crippen molar-refractivity contribution in [2.75, 3.05) is 26.2 Å². The van der Waals surface area contributed by atoms with E-state index >= 15 is 0 Å². The van der Waals surface area contributed by atoms with Gasteiger partial charge in [-0.3, -0.25) is 43.2 Å². The maximum Gasteiger partial charge on any atom is 0.326 e. The quantitative estimate of drug-likeness (QED) is 0.0323. The zero-order chi connectivity index (χ0) is 66.7. The van der Waals surface area contributed by atoms with Crippen molar-refractivity contribution < 1.29 is 53.1 Å². The third-order valence-electron chi connectivity index (χ3n) is 15.2. The number of nitrogens with two attached hydrogens (primary N) is 5. The van der Waals surface area contributed by atoms with Crippen LogP contribution in [0, 0.1) is 17.8 Å². The van der Waals surface area contributed by atoms with Gasteiger partial charge in [0.1, 0.15) is 54.4 Å².